The maximum absolute atomic E-state index is 12.3. The van der Waals surface area contributed by atoms with Crippen molar-refractivity contribution >= 4 is 0 Å². The van der Waals surface area contributed by atoms with Gasteiger partial charge in [0.1, 0.15) is 0 Å². The van der Waals surface area contributed by atoms with E-state index >= 15 is 0 Å². The second kappa shape index (κ2) is 4.43. The molecule has 1 saturated carbocycles. The molecule has 0 atom stereocenters. The van der Waals surface area contributed by atoms with Crippen LogP contribution >= 0.6 is 0 Å². The zero-order chi connectivity index (χ0) is 14.1. The van der Waals surface area contributed by atoms with Crippen molar-refractivity contribution in [2.24, 2.45) is 0 Å². The maximum atomic E-state index is 12.3. The van der Waals surface area contributed by atoms with Crippen LogP contribution in [0.2, 0.25) is 0 Å². The third kappa shape index (κ3) is 1.78. The van der Waals surface area contributed by atoms with Gasteiger partial charge in [0, 0.05) is 0 Å². The molecule has 18 heavy (non-hydrogen) atoms. The number of hydrogen-bond acceptors (Lipinski definition) is 0. The first-order valence-electron chi connectivity index (χ1n) is 3.69. The molecule has 0 aromatic carbocycles. The Bertz CT molecular complexity index is 310. The predicted octanol–water partition coefficient (Wildman–Crippen LogP) is 0.631. The van der Waals surface area contributed by atoms with Crippen LogP contribution in [-0.4, -0.2) is 35.8 Å². The van der Waals surface area contributed by atoms with E-state index in [0.29, 0.717) is 0 Å². The van der Waals surface area contributed by atoms with Crippen LogP contribution in [0.15, 0.2) is 0 Å². The zero-order valence-corrected chi connectivity index (χ0v) is 11.4. The minimum atomic E-state index is -7.09. The third-order valence-electron chi connectivity index (χ3n) is 2.26. The fourth-order valence-electron chi connectivity index (χ4n) is 1.16. The van der Waals surface area contributed by atoms with Gasteiger partial charge in [0.15, 0.2) is 0 Å². The summed E-state index contributed by atoms with van der Waals surface area (Å²) in [6, 6.07) is 0. The van der Waals surface area contributed by atoms with Crippen molar-refractivity contribution in [3.05, 3.63) is 0 Å². The van der Waals surface area contributed by atoms with E-state index in [2.05, 4.69) is 0 Å². The second-order valence-electron chi connectivity index (χ2n) is 3.33. The molecule has 0 bridgehead atoms. The molecule has 12 heteroatoms. The third-order valence-corrected chi connectivity index (χ3v) is 2.26. The Morgan fingerprint density at radius 2 is 0.778 bits per heavy atom. The summed E-state index contributed by atoms with van der Waals surface area (Å²) in [6.45, 7) is 0. The molecule has 1 fully saturated rings. The van der Waals surface area contributed by atoms with Gasteiger partial charge in [-0.1, -0.05) is 0 Å². The first-order valence-corrected chi connectivity index (χ1v) is 3.69. The van der Waals surface area contributed by atoms with Crippen LogP contribution in [0.4, 0.5) is 48.3 Å². The van der Waals surface area contributed by atoms with Crippen molar-refractivity contribution in [3.8, 4) is 0 Å². The van der Waals surface area contributed by atoms with Crippen molar-refractivity contribution in [2.75, 3.05) is 0 Å². The second-order valence-corrected chi connectivity index (χ2v) is 3.33. The van der Waals surface area contributed by atoms with Gasteiger partial charge < -0.3 is 1.43 Å². The molecular formula is C6H2F11K. The SMILES string of the molecule is FC1C(F)(F)C(F)(F)C(F)(F)C(F)(F)C1(F)F.[H-].[K+]. The molecule has 0 unspecified atom stereocenters. The van der Waals surface area contributed by atoms with Crippen LogP contribution in [0.1, 0.15) is 1.43 Å². The van der Waals surface area contributed by atoms with Crippen molar-refractivity contribution in [1.29, 1.82) is 0 Å². The van der Waals surface area contributed by atoms with Crippen LogP contribution < -0.4 is 51.4 Å². The van der Waals surface area contributed by atoms with Gasteiger partial charge in [-0.25, -0.2) is 4.39 Å². The Morgan fingerprint density at radius 1 is 0.556 bits per heavy atom. The van der Waals surface area contributed by atoms with Crippen LogP contribution in [0.3, 0.4) is 0 Å². The Morgan fingerprint density at radius 3 is 1.00 bits per heavy atom. The first kappa shape index (κ1) is 18.9. The van der Waals surface area contributed by atoms with Gasteiger partial charge in [-0.2, -0.15) is 43.9 Å². The van der Waals surface area contributed by atoms with Crippen LogP contribution in [0, 0.1) is 0 Å². The van der Waals surface area contributed by atoms with E-state index in [0.717, 1.165) is 0 Å². The minimum absolute atomic E-state index is 0. The van der Waals surface area contributed by atoms with Gasteiger partial charge in [-0.3, -0.25) is 0 Å². The average Bonchev–Trinajstić information content (AvgIpc) is 2.13. The Balaban J connectivity index is 0. The van der Waals surface area contributed by atoms with Gasteiger partial charge >= 0.3 is 81.0 Å². The molecule has 0 aromatic rings. The van der Waals surface area contributed by atoms with Crippen molar-refractivity contribution in [3.63, 3.8) is 0 Å². The molecule has 0 nitrogen and oxygen atoms in total. The summed E-state index contributed by atoms with van der Waals surface area (Å²) in [5.41, 5.74) is 0. The Kier molecular flexibility index (Phi) is 4.64. The van der Waals surface area contributed by atoms with Gasteiger partial charge in [0.2, 0.25) is 6.17 Å². The molecule has 1 aliphatic carbocycles. The predicted molar refractivity (Wildman–Crippen MR) is 30.7 cm³/mol. The van der Waals surface area contributed by atoms with Crippen molar-refractivity contribution in [2.45, 2.75) is 35.8 Å². The fraction of sp³-hybridized carbons (Fsp3) is 1.00. The molecule has 1 rings (SSSR count). The van der Waals surface area contributed by atoms with E-state index in [9.17, 15) is 48.3 Å². The van der Waals surface area contributed by atoms with E-state index in [1.165, 1.54) is 0 Å². The molecule has 1 aliphatic rings. The smallest absolute Gasteiger partial charge is 1.00 e. The fourth-order valence-corrected chi connectivity index (χ4v) is 1.16. The van der Waals surface area contributed by atoms with Crippen LogP contribution in [-0.2, 0) is 0 Å². The van der Waals surface area contributed by atoms with E-state index in [4.69, 9.17) is 0 Å². The largest absolute Gasteiger partial charge is 1.00 e. The summed E-state index contributed by atoms with van der Waals surface area (Å²) in [7, 11) is 0. The summed E-state index contributed by atoms with van der Waals surface area (Å²) in [4.78, 5) is 0. The van der Waals surface area contributed by atoms with Crippen molar-refractivity contribution in [1.82, 2.24) is 0 Å². The van der Waals surface area contributed by atoms with Crippen molar-refractivity contribution < 1.29 is 101 Å². The summed E-state index contributed by atoms with van der Waals surface area (Å²) in [5.74, 6) is -34.2. The first-order chi connectivity index (χ1) is 7.15. The van der Waals surface area contributed by atoms with Gasteiger partial charge in [0.25, 0.3) is 0 Å². The number of hydrogen-bond donors (Lipinski definition) is 0. The quantitative estimate of drug-likeness (QED) is 0.453. The minimum Gasteiger partial charge on any atom is -1.00 e. The standard InChI is InChI=1S/C6HF11.K.H/c7-1-2(8,9)4(12,13)6(16,17)5(14,15)3(1,10)11;;/h1H;;/q;+1;-1. The zero-order valence-electron chi connectivity index (χ0n) is 9.23. The Hall–Kier alpha value is 0.866. The van der Waals surface area contributed by atoms with Gasteiger partial charge in [0.05, 0.1) is 0 Å². The molecular weight excluding hydrogens is 320 g/mol. The number of alkyl halides is 11. The summed E-state index contributed by atoms with van der Waals surface area (Å²) < 4.78 is 135. The molecule has 0 heterocycles. The van der Waals surface area contributed by atoms with E-state index < -0.39 is 35.8 Å². The topological polar surface area (TPSA) is 0 Å². The monoisotopic (exact) mass is 322 g/mol. The Labute approximate surface area is 136 Å². The molecule has 0 aromatic heterocycles. The average molecular weight is 322 g/mol. The number of rotatable bonds is 0. The summed E-state index contributed by atoms with van der Waals surface area (Å²) in [6.07, 6.45) is -5.43. The van der Waals surface area contributed by atoms with E-state index in [-0.39, 0.29) is 52.8 Å². The molecule has 0 aliphatic heterocycles. The number of halogens is 11. The normalized spacial score (nSPS) is 31.5. The van der Waals surface area contributed by atoms with Gasteiger partial charge in [-0.15, -0.1) is 0 Å². The molecule has 0 amide bonds. The van der Waals surface area contributed by atoms with Crippen LogP contribution in [0.25, 0.3) is 0 Å². The van der Waals surface area contributed by atoms with Crippen LogP contribution in [0.5, 0.6) is 0 Å². The molecule has 0 N–H and O–H groups in total. The molecule has 0 spiro atoms. The van der Waals surface area contributed by atoms with Gasteiger partial charge in [-0.05, 0) is 0 Å². The summed E-state index contributed by atoms with van der Waals surface area (Å²) >= 11 is 0. The molecule has 0 saturated heterocycles. The summed E-state index contributed by atoms with van der Waals surface area (Å²) in [5, 5.41) is 0. The van der Waals surface area contributed by atoms with E-state index in [1.54, 1.807) is 0 Å². The maximum Gasteiger partial charge on any atom is 1.00 e. The van der Waals surface area contributed by atoms with E-state index in [1.807, 2.05) is 0 Å². The molecule has 0 radical (unpaired) electrons. The molecule has 104 valence electrons.